The lowest BCUT2D eigenvalue weighted by molar-refractivity contribution is -0.113. The van der Waals surface area contributed by atoms with Gasteiger partial charge in [-0.3, -0.25) is 14.6 Å². The lowest BCUT2D eigenvalue weighted by atomic mass is 10.2. The molecule has 0 aliphatic heterocycles. The molecular weight excluding hydrogens is 366 g/mol. The molecule has 2 amide bonds. The number of pyridine rings is 1. The van der Waals surface area contributed by atoms with E-state index in [4.69, 9.17) is 10.5 Å². The molecule has 2 aromatic carbocycles. The molecule has 6 nitrogen and oxygen atoms in total. The molecule has 0 bridgehead atoms. The Bertz CT molecular complexity index is 942. The van der Waals surface area contributed by atoms with E-state index in [0.717, 1.165) is 16.9 Å². The van der Waals surface area contributed by atoms with Crippen molar-refractivity contribution in [1.82, 2.24) is 10.3 Å². The number of nitrogens with two attached hydrogens (primary N) is 1. The Balaban J connectivity index is 0.000000234. The van der Waals surface area contributed by atoms with E-state index in [1.807, 2.05) is 42.5 Å². The van der Waals surface area contributed by atoms with Crippen LogP contribution in [0.5, 0.6) is 5.75 Å². The van der Waals surface area contributed by atoms with E-state index in [-0.39, 0.29) is 5.91 Å². The van der Waals surface area contributed by atoms with Crippen molar-refractivity contribution in [3.63, 3.8) is 0 Å². The topological polar surface area (TPSA) is 94.3 Å². The maximum Gasteiger partial charge on any atom is 0.251 e. The number of hydrogen-bond donors (Lipinski definition) is 2. The first-order valence-corrected chi connectivity index (χ1v) is 8.92. The number of carbonyl (C=O) groups is 2. The summed E-state index contributed by atoms with van der Waals surface area (Å²) in [6, 6.07) is 20.4. The molecule has 1 aromatic heterocycles. The van der Waals surface area contributed by atoms with E-state index in [0.29, 0.717) is 12.1 Å². The molecule has 3 N–H and O–H groups in total. The summed E-state index contributed by atoms with van der Waals surface area (Å²) < 4.78 is 5.13. The fourth-order valence-corrected chi connectivity index (χ4v) is 2.31. The summed E-state index contributed by atoms with van der Waals surface area (Å²) in [7, 11) is 1.63. The molecule has 0 saturated carbocycles. The van der Waals surface area contributed by atoms with Gasteiger partial charge in [-0.25, -0.2) is 0 Å². The summed E-state index contributed by atoms with van der Waals surface area (Å²) >= 11 is 0. The average Bonchev–Trinajstić information content (AvgIpc) is 2.78. The highest BCUT2D eigenvalue weighted by Crippen LogP contribution is 2.12. The van der Waals surface area contributed by atoms with E-state index in [2.05, 4.69) is 10.3 Å². The monoisotopic (exact) mass is 389 g/mol. The fraction of sp³-hybridized carbons (Fsp3) is 0.0870. The Kier molecular flexibility index (Phi) is 8.63. The van der Waals surface area contributed by atoms with Crippen molar-refractivity contribution in [2.75, 3.05) is 7.11 Å². The minimum atomic E-state index is -0.443. The van der Waals surface area contributed by atoms with Gasteiger partial charge in [-0.05, 0) is 53.6 Å². The lowest BCUT2D eigenvalue weighted by Gasteiger charge is -2.06. The largest absolute Gasteiger partial charge is 0.497 e. The molecule has 0 spiro atoms. The Morgan fingerprint density at radius 3 is 2.41 bits per heavy atom. The summed E-state index contributed by atoms with van der Waals surface area (Å²) in [6.07, 6.45) is 6.26. The van der Waals surface area contributed by atoms with E-state index in [1.165, 1.54) is 6.08 Å². The van der Waals surface area contributed by atoms with E-state index >= 15 is 0 Å². The van der Waals surface area contributed by atoms with E-state index in [1.54, 1.807) is 49.8 Å². The molecule has 148 valence electrons. The van der Waals surface area contributed by atoms with Crippen LogP contribution >= 0.6 is 0 Å². The number of rotatable bonds is 6. The summed E-state index contributed by atoms with van der Waals surface area (Å²) in [5.74, 6) is 0.279. The zero-order valence-corrected chi connectivity index (χ0v) is 16.1. The van der Waals surface area contributed by atoms with Crippen molar-refractivity contribution < 1.29 is 14.3 Å². The number of amides is 2. The van der Waals surface area contributed by atoms with Crippen molar-refractivity contribution in [2.45, 2.75) is 6.54 Å². The zero-order chi connectivity index (χ0) is 20.9. The highest BCUT2D eigenvalue weighted by atomic mass is 16.5. The van der Waals surface area contributed by atoms with Crippen LogP contribution in [0, 0.1) is 0 Å². The standard InChI is InChI=1S/C15H15NO2.C8H8N2O/c1-18-14-9-5-6-12(10-14)11-16-15(17)13-7-3-2-4-8-13;9-8(11)2-1-7-3-5-10-6-4-7/h2-10H,11H2,1H3,(H,16,17);1-6H,(H2,9,11)/b;2-1+. The lowest BCUT2D eigenvalue weighted by Crippen LogP contribution is -2.22. The molecule has 3 rings (SSSR count). The number of primary amides is 1. The molecule has 0 saturated heterocycles. The molecule has 0 fully saturated rings. The van der Waals surface area contributed by atoms with Gasteiger partial charge in [-0.2, -0.15) is 0 Å². The first kappa shape index (κ1) is 21.4. The van der Waals surface area contributed by atoms with E-state index in [9.17, 15) is 9.59 Å². The van der Waals surface area contributed by atoms with Crippen LogP contribution in [0.4, 0.5) is 0 Å². The Morgan fingerprint density at radius 2 is 1.76 bits per heavy atom. The van der Waals surface area contributed by atoms with Crippen molar-refractivity contribution >= 4 is 17.9 Å². The molecule has 0 aliphatic carbocycles. The van der Waals surface area contributed by atoms with Crippen LogP contribution in [0.15, 0.2) is 85.2 Å². The second kappa shape index (κ2) is 11.7. The molecule has 6 heteroatoms. The van der Waals surface area contributed by atoms with Gasteiger partial charge in [0.1, 0.15) is 5.75 Å². The van der Waals surface area contributed by atoms with Crippen LogP contribution in [0.2, 0.25) is 0 Å². The number of carbonyl (C=O) groups excluding carboxylic acids is 2. The number of aromatic nitrogens is 1. The van der Waals surface area contributed by atoms with Gasteiger partial charge in [0, 0.05) is 30.6 Å². The Hall–Kier alpha value is -3.93. The Morgan fingerprint density at radius 1 is 1.03 bits per heavy atom. The van der Waals surface area contributed by atoms with Crippen molar-refractivity contribution in [3.8, 4) is 5.75 Å². The third-order valence-corrected chi connectivity index (χ3v) is 3.77. The van der Waals surface area contributed by atoms with Crippen molar-refractivity contribution in [1.29, 1.82) is 0 Å². The first-order chi connectivity index (χ1) is 14.1. The van der Waals surface area contributed by atoms with Gasteiger partial charge in [0.05, 0.1) is 7.11 Å². The summed E-state index contributed by atoms with van der Waals surface area (Å²) in [5, 5.41) is 2.87. The SMILES string of the molecule is COc1cccc(CNC(=O)c2ccccc2)c1.NC(=O)/C=C/c1ccncc1. The van der Waals surface area contributed by atoms with Gasteiger partial charge < -0.3 is 15.8 Å². The maximum atomic E-state index is 11.8. The predicted molar refractivity (Wildman–Crippen MR) is 113 cm³/mol. The van der Waals surface area contributed by atoms with Gasteiger partial charge >= 0.3 is 0 Å². The van der Waals surface area contributed by atoms with Crippen LogP contribution in [-0.4, -0.2) is 23.9 Å². The predicted octanol–water partition coefficient (Wildman–Crippen LogP) is 3.21. The number of nitrogens with zero attached hydrogens (tertiary/aromatic N) is 1. The average molecular weight is 389 g/mol. The molecule has 0 atom stereocenters. The molecule has 0 aliphatic rings. The van der Waals surface area contributed by atoms with Gasteiger partial charge in [0.25, 0.3) is 5.91 Å². The number of ether oxygens (including phenoxy) is 1. The normalized spacial score (nSPS) is 9.97. The zero-order valence-electron chi connectivity index (χ0n) is 16.1. The van der Waals surface area contributed by atoms with Crippen molar-refractivity contribution in [2.24, 2.45) is 5.73 Å². The second-order valence-electron chi connectivity index (χ2n) is 5.92. The van der Waals surface area contributed by atoms with Gasteiger partial charge in [0.15, 0.2) is 0 Å². The number of methoxy groups -OCH3 is 1. The summed E-state index contributed by atoms with van der Waals surface area (Å²) in [6.45, 7) is 0.491. The smallest absolute Gasteiger partial charge is 0.251 e. The van der Waals surface area contributed by atoms with Gasteiger partial charge in [0.2, 0.25) is 5.91 Å². The molecule has 3 aromatic rings. The quantitative estimate of drug-likeness (QED) is 0.633. The third kappa shape index (κ3) is 8.09. The summed E-state index contributed by atoms with van der Waals surface area (Å²) in [5.41, 5.74) is 7.49. The maximum absolute atomic E-state index is 11.8. The molecule has 29 heavy (non-hydrogen) atoms. The Labute approximate surface area is 170 Å². The highest BCUT2D eigenvalue weighted by molar-refractivity contribution is 5.94. The number of nitrogens with one attached hydrogen (secondary N) is 1. The van der Waals surface area contributed by atoms with Crippen molar-refractivity contribution in [3.05, 3.63) is 102 Å². The number of benzene rings is 2. The van der Waals surface area contributed by atoms with Crippen LogP contribution in [-0.2, 0) is 11.3 Å². The fourth-order valence-electron chi connectivity index (χ4n) is 2.31. The molecule has 0 unspecified atom stereocenters. The molecule has 1 heterocycles. The van der Waals surface area contributed by atoms with Crippen LogP contribution in [0.25, 0.3) is 6.08 Å². The minimum absolute atomic E-state index is 0.0709. The van der Waals surface area contributed by atoms with E-state index < -0.39 is 5.91 Å². The van der Waals surface area contributed by atoms with Gasteiger partial charge in [-0.1, -0.05) is 30.3 Å². The second-order valence-corrected chi connectivity index (χ2v) is 5.92. The van der Waals surface area contributed by atoms with Gasteiger partial charge in [-0.15, -0.1) is 0 Å². The molecular formula is C23H23N3O3. The highest BCUT2D eigenvalue weighted by Gasteiger charge is 2.04. The summed E-state index contributed by atoms with van der Waals surface area (Å²) in [4.78, 5) is 25.9. The third-order valence-electron chi connectivity index (χ3n) is 3.77. The first-order valence-electron chi connectivity index (χ1n) is 8.92. The minimum Gasteiger partial charge on any atom is -0.497 e. The van der Waals surface area contributed by atoms with Crippen LogP contribution in [0.1, 0.15) is 21.5 Å². The van der Waals surface area contributed by atoms with Crippen LogP contribution < -0.4 is 15.8 Å². The number of hydrogen-bond acceptors (Lipinski definition) is 4. The molecule has 0 radical (unpaired) electrons. The van der Waals surface area contributed by atoms with Crippen LogP contribution in [0.3, 0.4) is 0 Å².